The third-order valence-electron chi connectivity index (χ3n) is 8.01. The highest BCUT2D eigenvalue weighted by Gasteiger charge is 2.52. The number of fused-ring (bicyclic) bond motifs is 4. The first kappa shape index (κ1) is 29.8. The first-order valence-corrected chi connectivity index (χ1v) is 14.4. The van der Waals surface area contributed by atoms with Gasteiger partial charge in [0.05, 0.1) is 19.1 Å². The van der Waals surface area contributed by atoms with Crippen LogP contribution in [-0.2, 0) is 15.2 Å². The second kappa shape index (κ2) is 11.3. The van der Waals surface area contributed by atoms with Gasteiger partial charge in [0.15, 0.2) is 17.3 Å². The maximum atomic E-state index is 15.3. The fourth-order valence-corrected chi connectivity index (χ4v) is 7.10. The molecular formula is C29H24F5N3O6S. The second-order valence-electron chi connectivity index (χ2n) is 10.3. The number of rotatable bonds is 4. The number of amides is 1. The van der Waals surface area contributed by atoms with Crippen LogP contribution in [0.5, 0.6) is 5.75 Å². The van der Waals surface area contributed by atoms with Crippen LogP contribution in [-0.4, -0.2) is 54.4 Å². The number of alkyl halides is 3. The first-order chi connectivity index (χ1) is 21.0. The fraction of sp³-hybridized carbons (Fsp3) is 0.345. The highest BCUT2D eigenvalue weighted by molar-refractivity contribution is 7.98. The number of nitrogens with zero attached hydrogens (tertiary/aromatic N) is 3. The Morgan fingerprint density at radius 1 is 1.07 bits per heavy atom. The van der Waals surface area contributed by atoms with E-state index >= 15 is 4.39 Å². The number of hydrogen-bond acceptors (Lipinski definition) is 8. The van der Waals surface area contributed by atoms with E-state index in [4.69, 9.17) is 9.47 Å². The molecular weight excluding hydrogens is 613 g/mol. The number of pyridine rings is 1. The van der Waals surface area contributed by atoms with Gasteiger partial charge in [0.1, 0.15) is 6.17 Å². The monoisotopic (exact) mass is 637 g/mol. The molecule has 1 amide bonds. The van der Waals surface area contributed by atoms with Crippen molar-refractivity contribution >= 4 is 23.8 Å². The molecule has 0 radical (unpaired) electrons. The summed E-state index contributed by atoms with van der Waals surface area (Å²) in [5.41, 5.74) is -0.204. The lowest BCUT2D eigenvalue weighted by atomic mass is 9.89. The maximum Gasteiger partial charge on any atom is 0.510 e. The standard InChI is InChI=1S/C29H24F5N3O6S/c1-41-28(40)43-14-42-26-20(38)9-11-36-25(26)27(39)35-10-8-15(29(32,33)34)12-22(35)37(36)24-16-6-7-19(30)23(31)18(16)13-44-21-5-3-2-4-17(21)24/h2-7,9,11,15,22,24H,8,10,12-14H2,1H3/t15-,22-,24+/m1/s1. The number of ether oxygens (including phenoxy) is 3. The van der Waals surface area contributed by atoms with Gasteiger partial charge in [-0.1, -0.05) is 24.3 Å². The SMILES string of the molecule is COC(=O)OCOc1c2n(ccc1=O)N([C@@H]1c3ccccc3SCc3c1ccc(F)c3F)[C@@H]1C[C@H](C(F)(F)F)CCN1C2=O. The van der Waals surface area contributed by atoms with Gasteiger partial charge in [-0.2, -0.15) is 13.2 Å². The lowest BCUT2D eigenvalue weighted by molar-refractivity contribution is -0.189. The third-order valence-corrected chi connectivity index (χ3v) is 9.13. The zero-order valence-corrected chi connectivity index (χ0v) is 23.8. The van der Waals surface area contributed by atoms with Crippen LogP contribution in [0.4, 0.5) is 26.7 Å². The molecule has 9 nitrogen and oxygen atoms in total. The molecule has 6 rings (SSSR count). The Bertz CT molecular complexity index is 1700. The molecule has 1 saturated heterocycles. The van der Waals surface area contributed by atoms with Crippen LogP contribution in [0.2, 0.25) is 0 Å². The minimum absolute atomic E-state index is 0.0216. The summed E-state index contributed by atoms with van der Waals surface area (Å²) in [6, 6.07) is 9.34. The summed E-state index contributed by atoms with van der Waals surface area (Å²) in [6.45, 7) is -1.11. The van der Waals surface area contributed by atoms with E-state index in [2.05, 4.69) is 4.74 Å². The zero-order chi connectivity index (χ0) is 31.3. The van der Waals surface area contributed by atoms with Crippen molar-refractivity contribution < 1.29 is 45.8 Å². The number of aromatic nitrogens is 1. The van der Waals surface area contributed by atoms with Gasteiger partial charge in [-0.05, 0) is 36.1 Å². The minimum Gasteiger partial charge on any atom is -0.451 e. The van der Waals surface area contributed by atoms with Crippen molar-refractivity contribution in [2.45, 2.75) is 41.9 Å². The van der Waals surface area contributed by atoms with Gasteiger partial charge < -0.3 is 19.1 Å². The molecule has 0 unspecified atom stereocenters. The minimum atomic E-state index is -4.56. The first-order valence-electron chi connectivity index (χ1n) is 13.4. The van der Waals surface area contributed by atoms with Gasteiger partial charge >= 0.3 is 12.3 Å². The molecule has 3 aromatic rings. The molecule has 232 valence electrons. The average Bonchev–Trinajstić information content (AvgIpc) is 3.17. The summed E-state index contributed by atoms with van der Waals surface area (Å²) in [7, 11) is 1.06. The van der Waals surface area contributed by atoms with Crippen LogP contribution < -0.4 is 15.2 Å². The molecule has 15 heteroatoms. The van der Waals surface area contributed by atoms with Gasteiger partial charge in [-0.15, -0.1) is 11.8 Å². The van der Waals surface area contributed by atoms with E-state index in [0.29, 0.717) is 10.5 Å². The van der Waals surface area contributed by atoms with E-state index in [-0.39, 0.29) is 35.5 Å². The Kier molecular flexibility index (Phi) is 7.68. The molecule has 0 bridgehead atoms. The quantitative estimate of drug-likeness (QED) is 0.216. The molecule has 1 fully saturated rings. The molecule has 3 aliphatic rings. The zero-order valence-electron chi connectivity index (χ0n) is 23.0. The Hall–Kier alpha value is -4.27. The fourth-order valence-electron chi connectivity index (χ4n) is 5.99. The van der Waals surface area contributed by atoms with Crippen LogP contribution in [0, 0.1) is 17.6 Å². The van der Waals surface area contributed by atoms with Crippen molar-refractivity contribution in [3.63, 3.8) is 0 Å². The molecule has 2 aromatic carbocycles. The van der Waals surface area contributed by atoms with Crippen LogP contribution in [0.15, 0.2) is 58.4 Å². The molecule has 44 heavy (non-hydrogen) atoms. The normalized spacial score (nSPS) is 21.0. The Labute approximate surface area is 251 Å². The average molecular weight is 638 g/mol. The number of thioether (sulfide) groups is 1. The van der Waals surface area contributed by atoms with E-state index in [1.807, 2.05) is 0 Å². The van der Waals surface area contributed by atoms with Crippen molar-refractivity contribution in [1.82, 2.24) is 9.58 Å². The summed E-state index contributed by atoms with van der Waals surface area (Å²) < 4.78 is 88.0. The van der Waals surface area contributed by atoms with E-state index in [1.165, 1.54) is 38.6 Å². The van der Waals surface area contributed by atoms with Gasteiger partial charge in [0.2, 0.25) is 18.0 Å². The van der Waals surface area contributed by atoms with Crippen molar-refractivity contribution in [2.24, 2.45) is 5.92 Å². The third kappa shape index (κ3) is 5.02. The number of piperidine rings is 1. The van der Waals surface area contributed by atoms with Crippen molar-refractivity contribution in [2.75, 3.05) is 25.5 Å². The molecule has 0 aliphatic carbocycles. The lowest BCUT2D eigenvalue weighted by Gasteiger charge is -2.53. The van der Waals surface area contributed by atoms with Crippen molar-refractivity contribution in [3.8, 4) is 5.75 Å². The van der Waals surface area contributed by atoms with Gasteiger partial charge in [0, 0.05) is 35.0 Å². The molecule has 0 N–H and O–H groups in total. The van der Waals surface area contributed by atoms with E-state index < -0.39 is 72.4 Å². The van der Waals surface area contributed by atoms with E-state index in [0.717, 1.165) is 19.2 Å². The number of hydrogen-bond donors (Lipinski definition) is 0. The summed E-state index contributed by atoms with van der Waals surface area (Å²) >= 11 is 1.24. The topological polar surface area (TPSA) is 90.3 Å². The molecule has 3 aliphatic heterocycles. The second-order valence-corrected chi connectivity index (χ2v) is 11.4. The Morgan fingerprint density at radius 2 is 1.84 bits per heavy atom. The van der Waals surface area contributed by atoms with Crippen LogP contribution >= 0.6 is 11.8 Å². The van der Waals surface area contributed by atoms with Crippen molar-refractivity contribution in [1.29, 1.82) is 0 Å². The smallest absolute Gasteiger partial charge is 0.451 e. The largest absolute Gasteiger partial charge is 0.510 e. The Morgan fingerprint density at radius 3 is 2.59 bits per heavy atom. The van der Waals surface area contributed by atoms with Gasteiger partial charge in [0.25, 0.3) is 5.91 Å². The molecule has 0 saturated carbocycles. The molecule has 0 spiro atoms. The number of halogens is 5. The highest BCUT2D eigenvalue weighted by Crippen LogP contribution is 2.47. The van der Waals surface area contributed by atoms with Crippen LogP contribution in [0.3, 0.4) is 0 Å². The van der Waals surface area contributed by atoms with E-state index in [9.17, 15) is 31.9 Å². The van der Waals surface area contributed by atoms with Crippen LogP contribution in [0.25, 0.3) is 0 Å². The molecule has 1 aromatic heterocycles. The number of benzene rings is 2. The summed E-state index contributed by atoms with van der Waals surface area (Å²) in [5, 5.41) is 1.49. The molecule has 3 atom stereocenters. The van der Waals surface area contributed by atoms with Gasteiger partial charge in [-0.25, -0.2) is 13.6 Å². The number of carbonyl (C=O) groups is 2. The maximum absolute atomic E-state index is 15.3. The predicted molar refractivity (Wildman–Crippen MR) is 146 cm³/mol. The van der Waals surface area contributed by atoms with Crippen LogP contribution in [0.1, 0.15) is 46.1 Å². The van der Waals surface area contributed by atoms with Gasteiger partial charge in [-0.3, -0.25) is 19.3 Å². The summed E-state index contributed by atoms with van der Waals surface area (Å²) in [5.74, 6) is -5.18. The Balaban J connectivity index is 1.59. The highest BCUT2D eigenvalue weighted by atomic mass is 32.2. The van der Waals surface area contributed by atoms with Crippen molar-refractivity contribution in [3.05, 3.63) is 92.9 Å². The summed E-state index contributed by atoms with van der Waals surface area (Å²) in [4.78, 5) is 40.3. The lowest BCUT2D eigenvalue weighted by Crippen LogP contribution is -2.65. The summed E-state index contributed by atoms with van der Waals surface area (Å²) in [6.07, 6.45) is -6.55. The number of methoxy groups -OCH3 is 1. The molecule has 4 heterocycles. The predicted octanol–water partition coefficient (Wildman–Crippen LogP) is 5.33. The van der Waals surface area contributed by atoms with E-state index in [1.54, 1.807) is 24.3 Å². The number of carbonyl (C=O) groups excluding carboxylic acids is 2.